The molecular weight excluding hydrogens is 604 g/mol. The van der Waals surface area contributed by atoms with Crippen molar-refractivity contribution < 1.29 is 33.4 Å². The minimum absolute atomic E-state index is 0.0962. The Balaban J connectivity index is 1.50. The fourth-order valence-corrected chi connectivity index (χ4v) is 5.25. The molecule has 5 amide bonds. The third-order valence-electron chi connectivity index (χ3n) is 7.79. The van der Waals surface area contributed by atoms with Crippen LogP contribution in [0, 0.1) is 5.92 Å². The van der Waals surface area contributed by atoms with Crippen molar-refractivity contribution in [1.82, 2.24) is 31.2 Å². The van der Waals surface area contributed by atoms with Crippen molar-refractivity contribution in [3.05, 3.63) is 59.8 Å². The summed E-state index contributed by atoms with van der Waals surface area (Å²) in [4.78, 5) is 69.6. The normalized spacial score (nSPS) is 19.2. The fourth-order valence-electron chi connectivity index (χ4n) is 5.25. The number of carbonyl (C=O) groups is 5. The molecule has 3 aromatic rings. The molecular formula is C34H44N6O7. The van der Waals surface area contributed by atoms with E-state index in [-0.39, 0.29) is 68.4 Å². The van der Waals surface area contributed by atoms with E-state index in [1.807, 2.05) is 26.0 Å². The summed E-state index contributed by atoms with van der Waals surface area (Å²) in [7, 11) is 3.19. The van der Waals surface area contributed by atoms with Crippen LogP contribution in [0.3, 0.4) is 0 Å². The average molecular weight is 649 g/mol. The molecule has 0 radical (unpaired) electrons. The number of hydrogen-bond acceptors (Lipinski definition) is 7. The van der Waals surface area contributed by atoms with Gasteiger partial charge in [-0.05, 0) is 60.7 Å². The Morgan fingerprint density at radius 3 is 2.51 bits per heavy atom. The lowest BCUT2D eigenvalue weighted by molar-refractivity contribution is -0.136. The maximum Gasteiger partial charge on any atom is 0.268 e. The van der Waals surface area contributed by atoms with Gasteiger partial charge in [0.15, 0.2) is 6.61 Å². The minimum Gasteiger partial charge on any atom is -0.497 e. The highest BCUT2D eigenvalue weighted by Gasteiger charge is 2.26. The van der Waals surface area contributed by atoms with E-state index in [0.717, 1.165) is 16.5 Å². The van der Waals surface area contributed by atoms with Gasteiger partial charge in [0.25, 0.3) is 11.8 Å². The third-order valence-corrected chi connectivity index (χ3v) is 7.79. The summed E-state index contributed by atoms with van der Waals surface area (Å²) in [6.45, 7) is 4.40. The lowest BCUT2D eigenvalue weighted by atomic mass is 10.0. The summed E-state index contributed by atoms with van der Waals surface area (Å²) in [5.74, 6) is -0.507. The Morgan fingerprint density at radius 2 is 1.79 bits per heavy atom. The number of rotatable bonds is 5. The van der Waals surface area contributed by atoms with Crippen LogP contribution in [0.2, 0.25) is 0 Å². The molecule has 2 atom stereocenters. The summed E-state index contributed by atoms with van der Waals surface area (Å²) in [6, 6.07) is 12.4. The second kappa shape index (κ2) is 16.5. The van der Waals surface area contributed by atoms with E-state index < -0.39 is 23.9 Å². The Hall–Kier alpha value is -5.07. The fraction of sp³-hybridized carbons (Fsp3) is 0.441. The van der Waals surface area contributed by atoms with Crippen LogP contribution in [0.15, 0.2) is 48.5 Å². The summed E-state index contributed by atoms with van der Waals surface area (Å²) in [6.07, 6.45) is 1.06. The van der Waals surface area contributed by atoms with E-state index in [2.05, 4.69) is 26.3 Å². The number of likely N-dealkylation sites (N-methyl/N-ethyl adjacent to an activating group) is 1. The Morgan fingerprint density at radius 1 is 1.02 bits per heavy atom. The molecule has 0 aliphatic carbocycles. The molecule has 1 aromatic heterocycles. The topological polar surface area (TPSA) is 171 Å². The lowest BCUT2D eigenvalue weighted by Gasteiger charge is -2.26. The van der Waals surface area contributed by atoms with Gasteiger partial charge in [0.2, 0.25) is 17.7 Å². The van der Waals surface area contributed by atoms with Crippen LogP contribution in [-0.4, -0.2) is 91.9 Å². The maximum absolute atomic E-state index is 13.4. The highest BCUT2D eigenvalue weighted by Crippen LogP contribution is 2.22. The van der Waals surface area contributed by atoms with E-state index >= 15 is 0 Å². The van der Waals surface area contributed by atoms with Crippen molar-refractivity contribution >= 4 is 40.4 Å². The van der Waals surface area contributed by atoms with Crippen molar-refractivity contribution in [2.75, 3.05) is 40.4 Å². The number of hydrogen-bond donors (Lipinski definition) is 5. The summed E-state index contributed by atoms with van der Waals surface area (Å²) in [5, 5.41) is 12.0. The number of carbonyl (C=O) groups excluding carboxylic acids is 5. The summed E-state index contributed by atoms with van der Waals surface area (Å²) < 4.78 is 10.9. The molecule has 0 fully saturated rings. The van der Waals surface area contributed by atoms with Crippen LogP contribution in [-0.2, 0) is 25.6 Å². The predicted octanol–water partition coefficient (Wildman–Crippen LogP) is 1.91. The predicted molar refractivity (Wildman–Crippen MR) is 176 cm³/mol. The van der Waals surface area contributed by atoms with Gasteiger partial charge in [0.05, 0.1) is 7.11 Å². The molecule has 2 aliphatic heterocycles. The van der Waals surface area contributed by atoms with E-state index in [9.17, 15) is 24.0 Å². The van der Waals surface area contributed by atoms with Crippen molar-refractivity contribution in [3.8, 4) is 11.5 Å². The molecule has 0 spiro atoms. The molecule has 13 nitrogen and oxygen atoms in total. The van der Waals surface area contributed by atoms with Gasteiger partial charge in [-0.2, -0.15) is 0 Å². The highest BCUT2D eigenvalue weighted by molar-refractivity contribution is 6.00. The van der Waals surface area contributed by atoms with E-state index in [0.29, 0.717) is 24.3 Å². The van der Waals surface area contributed by atoms with Gasteiger partial charge in [-0.1, -0.05) is 26.0 Å². The number of aromatic amines is 1. The first kappa shape index (κ1) is 34.8. The molecule has 13 heteroatoms. The number of nitrogens with one attached hydrogen (secondary N) is 5. The molecule has 47 heavy (non-hydrogen) atoms. The van der Waals surface area contributed by atoms with Gasteiger partial charge in [-0.25, -0.2) is 0 Å². The quantitative estimate of drug-likeness (QED) is 0.263. The Kier molecular flexibility index (Phi) is 12.2. The molecule has 3 heterocycles. The summed E-state index contributed by atoms with van der Waals surface area (Å²) in [5.41, 5.74) is 1.79. The van der Waals surface area contributed by atoms with E-state index in [1.165, 1.54) is 4.90 Å². The first-order valence-corrected chi connectivity index (χ1v) is 15.8. The van der Waals surface area contributed by atoms with Gasteiger partial charge in [-0.3, -0.25) is 24.0 Å². The Labute approximate surface area is 274 Å². The van der Waals surface area contributed by atoms with Crippen LogP contribution in [0.4, 0.5) is 0 Å². The first-order valence-electron chi connectivity index (χ1n) is 15.8. The van der Waals surface area contributed by atoms with Crippen LogP contribution in [0.1, 0.15) is 49.2 Å². The van der Waals surface area contributed by atoms with Gasteiger partial charge in [0, 0.05) is 50.4 Å². The van der Waals surface area contributed by atoms with E-state index in [1.54, 1.807) is 50.6 Å². The molecule has 2 bridgehead atoms. The number of ether oxygens (including phenoxy) is 2. The molecule has 5 N–H and O–H groups in total. The first-order chi connectivity index (χ1) is 22.5. The van der Waals surface area contributed by atoms with Crippen LogP contribution < -0.4 is 30.7 Å². The van der Waals surface area contributed by atoms with Crippen molar-refractivity contribution in [3.63, 3.8) is 0 Å². The number of nitrogens with zero attached hydrogens (tertiary/aromatic N) is 1. The number of amides is 5. The molecule has 2 aliphatic rings. The zero-order valence-electron chi connectivity index (χ0n) is 27.3. The highest BCUT2D eigenvalue weighted by atomic mass is 16.5. The summed E-state index contributed by atoms with van der Waals surface area (Å²) >= 11 is 0. The smallest absolute Gasteiger partial charge is 0.268 e. The van der Waals surface area contributed by atoms with Gasteiger partial charge < -0.3 is 40.6 Å². The minimum atomic E-state index is -0.934. The van der Waals surface area contributed by atoms with Crippen LogP contribution >= 0.6 is 0 Å². The monoisotopic (exact) mass is 648 g/mol. The second-order valence-corrected chi connectivity index (χ2v) is 12.1. The van der Waals surface area contributed by atoms with Crippen LogP contribution in [0.25, 0.3) is 10.9 Å². The SMILES string of the molecule is COc1ccc2[nH]c(C(=O)N[C@H]3Cc4ccc(cc4)OCC(=O)NCCN(C)C(=O)[C@H](CC(C)C)NC(=O)CCCNC3=O)cc2c1. The molecule has 0 unspecified atom stereocenters. The maximum atomic E-state index is 13.4. The number of aromatic nitrogens is 1. The lowest BCUT2D eigenvalue weighted by Crippen LogP contribution is -2.50. The van der Waals surface area contributed by atoms with Gasteiger partial charge in [0.1, 0.15) is 29.3 Å². The standard InChI is InChI=1S/C34H44N6O7/c1-21(2)16-29-34(45)40(3)15-14-35-31(42)20-47-24-9-7-22(8-10-24)17-27(32(43)36-13-5-6-30(41)38-29)39-33(44)28-19-23-18-25(46-4)11-12-26(23)37-28/h7-12,18-19,21,27,29,37H,5-6,13-17,20H2,1-4H3,(H,35,42)(H,36,43)(H,38,41)(H,39,44)/t27-,29-/m0/s1. The largest absolute Gasteiger partial charge is 0.497 e. The zero-order valence-corrected chi connectivity index (χ0v) is 27.3. The van der Waals surface area contributed by atoms with Crippen molar-refractivity contribution in [2.24, 2.45) is 5.92 Å². The molecule has 252 valence electrons. The molecule has 5 rings (SSSR count). The van der Waals surface area contributed by atoms with Crippen molar-refractivity contribution in [1.29, 1.82) is 0 Å². The Bertz CT molecular complexity index is 1570. The number of fused-ring (bicyclic) bond motifs is 20. The van der Waals surface area contributed by atoms with Crippen LogP contribution in [0.5, 0.6) is 11.5 Å². The number of H-pyrrole nitrogens is 1. The van der Waals surface area contributed by atoms with Gasteiger partial charge in [-0.15, -0.1) is 0 Å². The van der Waals surface area contributed by atoms with Gasteiger partial charge >= 0.3 is 0 Å². The molecule has 0 saturated carbocycles. The zero-order chi connectivity index (χ0) is 33.9. The average Bonchev–Trinajstić information content (AvgIpc) is 3.48. The van der Waals surface area contributed by atoms with Crippen molar-refractivity contribution in [2.45, 2.75) is 51.6 Å². The molecule has 0 saturated heterocycles. The number of methoxy groups -OCH3 is 1. The molecule has 2 aromatic carbocycles. The second-order valence-electron chi connectivity index (χ2n) is 12.1. The number of benzene rings is 2. The third kappa shape index (κ3) is 10.2. The van der Waals surface area contributed by atoms with E-state index in [4.69, 9.17) is 9.47 Å².